The highest BCUT2D eigenvalue weighted by Crippen LogP contribution is 2.42. The Balaban J connectivity index is 1.49. The molecule has 5 rings (SSSR count). The zero-order valence-electron chi connectivity index (χ0n) is 17.9. The van der Waals surface area contributed by atoms with E-state index >= 15 is 0 Å². The van der Waals surface area contributed by atoms with Gasteiger partial charge in [-0.05, 0) is 54.1 Å². The van der Waals surface area contributed by atoms with E-state index in [4.69, 9.17) is 16.3 Å². The number of benzene rings is 2. The largest absolute Gasteiger partial charge is 0.455 e. The highest BCUT2D eigenvalue weighted by molar-refractivity contribution is 6.31. The monoisotopic (exact) mass is 470 g/mol. The quantitative estimate of drug-likeness (QED) is 0.389. The molecule has 0 saturated carbocycles. The van der Waals surface area contributed by atoms with Crippen molar-refractivity contribution in [3.63, 3.8) is 0 Å². The van der Waals surface area contributed by atoms with Crippen molar-refractivity contribution in [3.8, 4) is 11.5 Å². The van der Waals surface area contributed by atoms with E-state index in [1.165, 1.54) is 6.20 Å². The molecule has 2 N–H and O–H groups in total. The lowest BCUT2D eigenvalue weighted by atomic mass is 9.96. The third kappa shape index (κ3) is 4.33. The normalized spacial score (nSPS) is 14.0. The number of nitrogens with zero attached hydrogens (tertiary/aromatic N) is 2. The molecule has 1 unspecified atom stereocenters. The Kier molecular flexibility index (Phi) is 5.93. The lowest BCUT2D eigenvalue weighted by molar-refractivity contribution is 0.0922. The van der Waals surface area contributed by atoms with Crippen molar-refractivity contribution in [2.45, 2.75) is 12.6 Å². The molecule has 2 aromatic carbocycles. The van der Waals surface area contributed by atoms with Crippen molar-refractivity contribution < 1.29 is 14.3 Å². The minimum atomic E-state index is -0.836. The molecule has 0 aliphatic carbocycles. The number of amides is 1. The average Bonchev–Trinajstić information content (AvgIpc) is 3.04. The van der Waals surface area contributed by atoms with Crippen molar-refractivity contribution in [2.24, 2.45) is 0 Å². The SMILES string of the molecule is O=C(NCc1ccncc1)c1cccnc1C(=O)C1Nc2cc(Cl)ccc2Oc2ccccc21. The first-order valence-electron chi connectivity index (χ1n) is 10.6. The van der Waals surface area contributed by atoms with Crippen LogP contribution in [0, 0.1) is 0 Å². The zero-order chi connectivity index (χ0) is 23.5. The number of aromatic nitrogens is 2. The Morgan fingerprint density at radius 1 is 0.971 bits per heavy atom. The van der Waals surface area contributed by atoms with Crippen LogP contribution in [-0.4, -0.2) is 21.7 Å². The molecule has 8 heteroatoms. The van der Waals surface area contributed by atoms with E-state index in [-0.39, 0.29) is 17.0 Å². The van der Waals surface area contributed by atoms with Crippen molar-refractivity contribution in [3.05, 3.63) is 113 Å². The summed E-state index contributed by atoms with van der Waals surface area (Å²) in [5, 5.41) is 6.59. The fraction of sp³-hybridized carbons (Fsp3) is 0.0769. The van der Waals surface area contributed by atoms with Crippen LogP contribution < -0.4 is 15.4 Å². The minimum absolute atomic E-state index is 0.0625. The van der Waals surface area contributed by atoms with Crippen molar-refractivity contribution in [1.82, 2.24) is 15.3 Å². The molecule has 2 aromatic heterocycles. The van der Waals surface area contributed by atoms with Crippen LogP contribution in [-0.2, 0) is 6.54 Å². The summed E-state index contributed by atoms with van der Waals surface area (Å²) in [6.45, 7) is 0.300. The van der Waals surface area contributed by atoms with Crippen LogP contribution in [0.4, 0.5) is 5.69 Å². The maximum Gasteiger partial charge on any atom is 0.253 e. The molecule has 0 radical (unpaired) electrons. The van der Waals surface area contributed by atoms with Gasteiger partial charge in [0.15, 0.2) is 5.75 Å². The summed E-state index contributed by atoms with van der Waals surface area (Å²) in [5.74, 6) is 0.325. The Labute approximate surface area is 200 Å². The number of nitrogens with one attached hydrogen (secondary N) is 2. The van der Waals surface area contributed by atoms with Crippen molar-refractivity contribution in [1.29, 1.82) is 0 Å². The highest BCUT2D eigenvalue weighted by atomic mass is 35.5. The molecule has 0 bridgehead atoms. The number of carbonyl (C=O) groups is 2. The van der Waals surface area contributed by atoms with Gasteiger partial charge in [-0.25, -0.2) is 0 Å². The number of Topliss-reactive ketones (excluding diaryl/α,β-unsaturated/α-hetero) is 1. The summed E-state index contributed by atoms with van der Waals surface area (Å²) in [6, 6.07) is 18.4. The third-order valence-electron chi connectivity index (χ3n) is 5.44. The number of hydrogen-bond acceptors (Lipinski definition) is 6. The van der Waals surface area contributed by atoms with E-state index in [9.17, 15) is 9.59 Å². The molecule has 0 fully saturated rings. The molecule has 3 heterocycles. The molecule has 1 atom stereocenters. The van der Waals surface area contributed by atoms with Crippen LogP contribution in [0.1, 0.15) is 38.0 Å². The summed E-state index contributed by atoms with van der Waals surface area (Å²) < 4.78 is 6.06. The number of ketones is 1. The Hall–Kier alpha value is -4.23. The lowest BCUT2D eigenvalue weighted by Gasteiger charge is -2.19. The number of halogens is 1. The first-order valence-corrected chi connectivity index (χ1v) is 11.0. The fourth-order valence-electron chi connectivity index (χ4n) is 3.77. The predicted molar refractivity (Wildman–Crippen MR) is 128 cm³/mol. The second kappa shape index (κ2) is 9.33. The number of anilines is 1. The first kappa shape index (κ1) is 21.6. The van der Waals surface area contributed by atoms with Crippen molar-refractivity contribution in [2.75, 3.05) is 5.32 Å². The standard InChI is InChI=1S/C26H19ClN4O3/c27-17-7-8-22-20(14-17)31-24(18-4-1-2-6-21(18)34-22)25(32)23-19(5-3-11-29-23)26(33)30-15-16-9-12-28-13-10-16/h1-14,24,31H,15H2,(H,30,33). The van der Waals surface area contributed by atoms with Gasteiger partial charge >= 0.3 is 0 Å². The topological polar surface area (TPSA) is 93.2 Å². The number of rotatable bonds is 5. The van der Waals surface area contributed by atoms with Crippen LogP contribution in [0.15, 0.2) is 85.3 Å². The third-order valence-corrected chi connectivity index (χ3v) is 5.68. The fourth-order valence-corrected chi connectivity index (χ4v) is 3.95. The number of para-hydroxylation sites is 1. The van der Waals surface area contributed by atoms with Gasteiger partial charge in [-0.15, -0.1) is 0 Å². The molecule has 34 heavy (non-hydrogen) atoms. The summed E-state index contributed by atoms with van der Waals surface area (Å²) in [4.78, 5) is 35.1. The average molecular weight is 471 g/mol. The number of pyridine rings is 2. The van der Waals surface area contributed by atoms with Gasteiger partial charge in [0.05, 0.1) is 11.3 Å². The molecule has 1 amide bonds. The van der Waals surface area contributed by atoms with E-state index in [0.717, 1.165) is 5.56 Å². The molecule has 0 saturated heterocycles. The summed E-state index contributed by atoms with van der Waals surface area (Å²) in [5.41, 5.74) is 2.35. The van der Waals surface area contributed by atoms with Gasteiger partial charge in [0.2, 0.25) is 5.78 Å². The second-order valence-corrected chi connectivity index (χ2v) is 8.10. The maximum absolute atomic E-state index is 13.8. The second-order valence-electron chi connectivity index (χ2n) is 7.66. The Morgan fingerprint density at radius 2 is 1.79 bits per heavy atom. The summed E-state index contributed by atoms with van der Waals surface area (Å²) in [6.07, 6.45) is 4.81. The van der Waals surface area contributed by atoms with Gasteiger partial charge in [0.1, 0.15) is 17.5 Å². The van der Waals surface area contributed by atoms with E-state index in [1.807, 2.05) is 30.3 Å². The molecule has 1 aliphatic heterocycles. The number of hydrogen-bond donors (Lipinski definition) is 2. The molecule has 1 aliphatic rings. The molecule has 0 spiro atoms. The Morgan fingerprint density at radius 3 is 2.65 bits per heavy atom. The van der Waals surface area contributed by atoms with E-state index in [1.54, 1.807) is 48.8 Å². The molecule has 4 aromatic rings. The van der Waals surface area contributed by atoms with Crippen LogP contribution >= 0.6 is 11.6 Å². The smallest absolute Gasteiger partial charge is 0.253 e. The van der Waals surface area contributed by atoms with Gasteiger partial charge in [-0.3, -0.25) is 19.6 Å². The van der Waals surface area contributed by atoms with Gasteiger partial charge in [-0.2, -0.15) is 0 Å². The van der Waals surface area contributed by atoms with Gasteiger partial charge in [-0.1, -0.05) is 29.8 Å². The molecular weight excluding hydrogens is 452 g/mol. The van der Waals surface area contributed by atoms with Crippen LogP contribution in [0.3, 0.4) is 0 Å². The van der Waals surface area contributed by atoms with Crippen LogP contribution in [0.25, 0.3) is 0 Å². The summed E-state index contributed by atoms with van der Waals surface area (Å²) >= 11 is 6.19. The van der Waals surface area contributed by atoms with Crippen molar-refractivity contribution >= 4 is 29.0 Å². The molecular formula is C26H19ClN4O3. The summed E-state index contributed by atoms with van der Waals surface area (Å²) in [7, 11) is 0. The van der Waals surface area contributed by atoms with E-state index in [0.29, 0.717) is 34.3 Å². The number of fused-ring (bicyclic) bond motifs is 2. The highest BCUT2D eigenvalue weighted by Gasteiger charge is 2.32. The van der Waals surface area contributed by atoms with Gasteiger partial charge < -0.3 is 15.4 Å². The maximum atomic E-state index is 13.8. The minimum Gasteiger partial charge on any atom is -0.455 e. The van der Waals surface area contributed by atoms with Gasteiger partial charge in [0, 0.05) is 35.7 Å². The Bertz CT molecular complexity index is 1380. The first-order chi connectivity index (χ1) is 16.6. The van der Waals surface area contributed by atoms with Crippen LogP contribution in [0.5, 0.6) is 11.5 Å². The zero-order valence-corrected chi connectivity index (χ0v) is 18.6. The number of carbonyl (C=O) groups excluding carboxylic acids is 2. The van der Waals surface area contributed by atoms with Crippen LogP contribution in [0.2, 0.25) is 5.02 Å². The lowest BCUT2D eigenvalue weighted by Crippen LogP contribution is -2.28. The molecule has 7 nitrogen and oxygen atoms in total. The van der Waals surface area contributed by atoms with Gasteiger partial charge in [0.25, 0.3) is 5.91 Å². The molecule has 168 valence electrons. The number of ether oxygens (including phenoxy) is 1. The van der Waals surface area contributed by atoms with E-state index in [2.05, 4.69) is 20.6 Å². The van der Waals surface area contributed by atoms with E-state index < -0.39 is 11.9 Å². The predicted octanol–water partition coefficient (Wildman–Crippen LogP) is 5.20.